The fourth-order valence-electron chi connectivity index (χ4n) is 4.24. The van der Waals surface area contributed by atoms with E-state index in [0.29, 0.717) is 37.5 Å². The summed E-state index contributed by atoms with van der Waals surface area (Å²) >= 11 is 0. The van der Waals surface area contributed by atoms with Gasteiger partial charge in [0, 0.05) is 37.4 Å². The molecular formula is C20H23N5O3. The van der Waals surface area contributed by atoms with Crippen molar-refractivity contribution in [2.24, 2.45) is 11.7 Å². The predicted octanol–water partition coefficient (Wildman–Crippen LogP) is 0.353. The normalized spacial score (nSPS) is 21.0. The highest BCUT2D eigenvalue weighted by atomic mass is 16.2. The summed E-state index contributed by atoms with van der Waals surface area (Å²) in [6, 6.07) is 6.93. The molecule has 3 N–H and O–H groups in total. The number of amides is 3. The van der Waals surface area contributed by atoms with Crippen LogP contribution in [0.25, 0.3) is 0 Å². The summed E-state index contributed by atoms with van der Waals surface area (Å²) in [5, 5.41) is 6.61. The fraction of sp³-hybridized carbons (Fsp3) is 0.400. The number of hydrogen-bond donors (Lipinski definition) is 2. The van der Waals surface area contributed by atoms with Gasteiger partial charge in [0.25, 0.3) is 0 Å². The van der Waals surface area contributed by atoms with E-state index in [0.717, 1.165) is 17.5 Å². The number of benzene rings is 1. The van der Waals surface area contributed by atoms with Gasteiger partial charge in [0.05, 0.1) is 19.0 Å². The maximum atomic E-state index is 12.8. The van der Waals surface area contributed by atoms with E-state index in [4.69, 9.17) is 5.73 Å². The summed E-state index contributed by atoms with van der Waals surface area (Å²) in [7, 11) is 0. The molecule has 2 atom stereocenters. The van der Waals surface area contributed by atoms with Crippen molar-refractivity contribution >= 4 is 17.7 Å². The zero-order chi connectivity index (χ0) is 19.7. The number of nitrogens with two attached hydrogens (primary N) is 1. The Labute approximate surface area is 162 Å². The molecule has 0 spiro atoms. The first-order valence-electron chi connectivity index (χ1n) is 9.43. The molecule has 0 radical (unpaired) electrons. The van der Waals surface area contributed by atoms with Crippen LogP contribution >= 0.6 is 0 Å². The SMILES string of the molecule is NC(=O)c1cccc(CC(=O)N2CC3CC(C2)N(C(=O)Cc2cn[nH]c2)C3)c1. The van der Waals surface area contributed by atoms with Crippen molar-refractivity contribution in [3.63, 3.8) is 0 Å². The molecular weight excluding hydrogens is 358 g/mol. The highest BCUT2D eigenvalue weighted by Crippen LogP contribution is 2.30. The van der Waals surface area contributed by atoms with Crippen LogP contribution in [0.5, 0.6) is 0 Å². The van der Waals surface area contributed by atoms with Crippen LogP contribution in [-0.2, 0) is 22.4 Å². The van der Waals surface area contributed by atoms with E-state index in [9.17, 15) is 14.4 Å². The van der Waals surface area contributed by atoms with Crippen molar-refractivity contribution in [1.29, 1.82) is 0 Å². The molecule has 2 aromatic rings. The van der Waals surface area contributed by atoms with E-state index in [-0.39, 0.29) is 24.3 Å². The predicted molar refractivity (Wildman–Crippen MR) is 101 cm³/mol. The molecule has 2 aliphatic heterocycles. The molecule has 0 saturated carbocycles. The fourth-order valence-corrected chi connectivity index (χ4v) is 4.24. The second kappa shape index (κ2) is 7.46. The van der Waals surface area contributed by atoms with Gasteiger partial charge in [-0.1, -0.05) is 12.1 Å². The van der Waals surface area contributed by atoms with Gasteiger partial charge in [-0.15, -0.1) is 0 Å². The number of carbonyl (C=O) groups excluding carboxylic acids is 3. The van der Waals surface area contributed by atoms with Gasteiger partial charge in [0.2, 0.25) is 17.7 Å². The van der Waals surface area contributed by atoms with E-state index in [2.05, 4.69) is 10.2 Å². The zero-order valence-electron chi connectivity index (χ0n) is 15.5. The maximum absolute atomic E-state index is 12.8. The van der Waals surface area contributed by atoms with Crippen molar-refractivity contribution in [1.82, 2.24) is 20.0 Å². The number of carbonyl (C=O) groups is 3. The minimum absolute atomic E-state index is 0.0143. The molecule has 3 heterocycles. The first-order valence-corrected chi connectivity index (χ1v) is 9.43. The number of fused-ring (bicyclic) bond motifs is 2. The topological polar surface area (TPSA) is 112 Å². The number of hydrogen-bond acceptors (Lipinski definition) is 4. The molecule has 2 bridgehead atoms. The molecule has 8 nitrogen and oxygen atoms in total. The van der Waals surface area contributed by atoms with Crippen molar-refractivity contribution in [3.05, 3.63) is 53.3 Å². The van der Waals surface area contributed by atoms with Gasteiger partial charge in [0.1, 0.15) is 0 Å². The van der Waals surface area contributed by atoms with Crippen LogP contribution in [0.1, 0.15) is 27.9 Å². The largest absolute Gasteiger partial charge is 0.366 e. The second-order valence-electron chi connectivity index (χ2n) is 7.63. The number of nitrogens with one attached hydrogen (secondary N) is 1. The summed E-state index contributed by atoms with van der Waals surface area (Å²) in [6.07, 6.45) is 4.89. The van der Waals surface area contributed by atoms with Gasteiger partial charge in [0.15, 0.2) is 0 Å². The molecule has 1 aromatic carbocycles. The lowest BCUT2D eigenvalue weighted by molar-refractivity contribution is -0.135. The molecule has 2 fully saturated rings. The molecule has 2 aliphatic rings. The first-order chi connectivity index (χ1) is 13.5. The second-order valence-corrected chi connectivity index (χ2v) is 7.63. The lowest BCUT2D eigenvalue weighted by Crippen LogP contribution is -2.47. The number of nitrogens with zero attached hydrogens (tertiary/aromatic N) is 3. The Morgan fingerprint density at radius 1 is 1.11 bits per heavy atom. The van der Waals surface area contributed by atoms with E-state index in [1.165, 1.54) is 0 Å². The van der Waals surface area contributed by atoms with Crippen LogP contribution in [0.4, 0.5) is 0 Å². The lowest BCUT2D eigenvalue weighted by atomic mass is 9.99. The molecule has 2 saturated heterocycles. The number of likely N-dealkylation sites (tertiary alicyclic amines) is 2. The van der Waals surface area contributed by atoms with Crippen LogP contribution < -0.4 is 5.73 Å². The average Bonchev–Trinajstić information content (AvgIpc) is 3.28. The number of piperidine rings is 1. The van der Waals surface area contributed by atoms with Crippen LogP contribution in [0.15, 0.2) is 36.7 Å². The maximum Gasteiger partial charge on any atom is 0.248 e. The van der Waals surface area contributed by atoms with E-state index in [1.807, 2.05) is 15.9 Å². The van der Waals surface area contributed by atoms with Crippen LogP contribution in [0, 0.1) is 5.92 Å². The number of aromatic nitrogens is 2. The Kier molecular flexibility index (Phi) is 4.85. The molecule has 2 unspecified atom stereocenters. The first kappa shape index (κ1) is 18.2. The molecule has 8 heteroatoms. The number of H-pyrrole nitrogens is 1. The minimum Gasteiger partial charge on any atom is -0.366 e. The van der Waals surface area contributed by atoms with Gasteiger partial charge < -0.3 is 15.5 Å². The summed E-state index contributed by atoms with van der Waals surface area (Å²) in [4.78, 5) is 40.6. The third-order valence-corrected chi connectivity index (χ3v) is 5.56. The van der Waals surface area contributed by atoms with Crippen molar-refractivity contribution in [2.45, 2.75) is 25.3 Å². The van der Waals surface area contributed by atoms with E-state index in [1.54, 1.807) is 30.6 Å². The third-order valence-electron chi connectivity index (χ3n) is 5.56. The van der Waals surface area contributed by atoms with Gasteiger partial charge in [-0.2, -0.15) is 5.10 Å². The van der Waals surface area contributed by atoms with Gasteiger partial charge in [-0.05, 0) is 35.6 Å². The van der Waals surface area contributed by atoms with Crippen molar-refractivity contribution in [2.75, 3.05) is 19.6 Å². The monoisotopic (exact) mass is 381 g/mol. The Hall–Kier alpha value is -3.16. The molecule has 4 rings (SSSR count). The van der Waals surface area contributed by atoms with E-state index >= 15 is 0 Å². The molecule has 3 amide bonds. The quantitative estimate of drug-likeness (QED) is 0.778. The highest BCUT2D eigenvalue weighted by Gasteiger charge is 2.41. The van der Waals surface area contributed by atoms with Crippen molar-refractivity contribution < 1.29 is 14.4 Å². The number of primary amides is 1. The van der Waals surface area contributed by atoms with Crippen LogP contribution in [0.2, 0.25) is 0 Å². The van der Waals surface area contributed by atoms with Gasteiger partial charge in [-0.25, -0.2) is 0 Å². The van der Waals surface area contributed by atoms with Crippen LogP contribution in [-0.4, -0.2) is 63.4 Å². The summed E-state index contributed by atoms with van der Waals surface area (Å²) < 4.78 is 0. The summed E-state index contributed by atoms with van der Waals surface area (Å²) in [5.74, 6) is -0.0946. The van der Waals surface area contributed by atoms with Crippen molar-refractivity contribution in [3.8, 4) is 0 Å². The summed E-state index contributed by atoms with van der Waals surface area (Å²) in [5.41, 5.74) is 7.36. The highest BCUT2D eigenvalue weighted by molar-refractivity contribution is 5.93. The molecule has 1 aromatic heterocycles. The summed E-state index contributed by atoms with van der Waals surface area (Å²) in [6.45, 7) is 1.92. The third kappa shape index (κ3) is 3.76. The minimum atomic E-state index is -0.503. The number of aromatic amines is 1. The molecule has 0 aliphatic carbocycles. The molecule has 28 heavy (non-hydrogen) atoms. The zero-order valence-corrected chi connectivity index (χ0v) is 15.5. The lowest BCUT2D eigenvalue weighted by Gasteiger charge is -2.33. The number of rotatable bonds is 5. The Balaban J connectivity index is 1.39. The van der Waals surface area contributed by atoms with Gasteiger partial charge >= 0.3 is 0 Å². The average molecular weight is 381 g/mol. The van der Waals surface area contributed by atoms with Crippen LogP contribution in [0.3, 0.4) is 0 Å². The standard InChI is InChI=1S/C20H23N5O3/c21-20(28)16-3-1-2-13(4-16)6-18(26)24-10-15-5-17(12-24)25(11-15)19(27)7-14-8-22-23-9-14/h1-4,8-9,15,17H,5-7,10-12H2,(H2,21,28)(H,22,23). The van der Waals surface area contributed by atoms with E-state index < -0.39 is 5.91 Å². The smallest absolute Gasteiger partial charge is 0.248 e. The Bertz CT molecular complexity index is 895. The molecule has 146 valence electrons. The Morgan fingerprint density at radius 3 is 2.68 bits per heavy atom. The Morgan fingerprint density at radius 2 is 1.93 bits per heavy atom. The van der Waals surface area contributed by atoms with Gasteiger partial charge in [-0.3, -0.25) is 19.5 Å².